The van der Waals surface area contributed by atoms with Crippen LogP contribution in [0.15, 0.2) is 0 Å². The molecule has 0 fully saturated rings. The van der Waals surface area contributed by atoms with E-state index in [2.05, 4.69) is 26.1 Å². The summed E-state index contributed by atoms with van der Waals surface area (Å²) in [5.41, 5.74) is 0. The van der Waals surface area contributed by atoms with Crippen molar-refractivity contribution in [2.45, 2.75) is 245 Å². The molecule has 0 unspecified atom stereocenters. The number of unbranched alkanes of at least 4 members (excludes halogenated alkanes) is 28. The zero-order valence-corrected chi connectivity index (χ0v) is 33.0. The van der Waals surface area contributed by atoms with Crippen LogP contribution >= 0.6 is 0 Å². The lowest BCUT2D eigenvalue weighted by atomic mass is 10.0. The van der Waals surface area contributed by atoms with Crippen LogP contribution in [0.3, 0.4) is 0 Å². The molecule has 2 N–H and O–H groups in total. The average molecular weight is 694 g/mol. The van der Waals surface area contributed by atoms with Gasteiger partial charge in [-0.3, -0.25) is 9.59 Å². The van der Waals surface area contributed by atoms with E-state index >= 15 is 0 Å². The van der Waals surface area contributed by atoms with Gasteiger partial charge in [-0.1, -0.05) is 207 Å². The van der Waals surface area contributed by atoms with E-state index in [9.17, 15) is 14.4 Å². The molecule has 0 radical (unpaired) electrons. The van der Waals surface area contributed by atoms with Crippen LogP contribution in [0.1, 0.15) is 239 Å². The third-order valence-corrected chi connectivity index (χ3v) is 9.94. The summed E-state index contributed by atoms with van der Waals surface area (Å²) >= 11 is 0. The van der Waals surface area contributed by atoms with Gasteiger partial charge in [-0.25, -0.2) is 4.79 Å². The maximum atomic E-state index is 12.7. The zero-order valence-electron chi connectivity index (χ0n) is 33.0. The molecule has 0 rings (SSSR count). The van der Waals surface area contributed by atoms with Gasteiger partial charge in [0.05, 0.1) is 6.61 Å². The summed E-state index contributed by atoms with van der Waals surface area (Å²) in [4.78, 5) is 36.3. The number of hydrogen-bond acceptors (Lipinski definition) is 4. The molecular formula is C43H83NO5. The summed E-state index contributed by atoms with van der Waals surface area (Å²) in [6.07, 6.45) is 40.0. The predicted molar refractivity (Wildman–Crippen MR) is 208 cm³/mol. The first kappa shape index (κ1) is 47.4. The van der Waals surface area contributed by atoms with Crippen molar-refractivity contribution in [2.75, 3.05) is 6.61 Å². The lowest BCUT2D eigenvalue weighted by Gasteiger charge is -2.17. The molecule has 0 aromatic rings. The van der Waals surface area contributed by atoms with E-state index < -0.39 is 18.0 Å². The SMILES string of the molecule is CCCCCCCCCCCCCCCCCC(=O)N[C@@H](CCC(=O)O)C(=O)OCCCCCCCCCCCCCCCCCC(C)C. The quantitative estimate of drug-likeness (QED) is 0.0494. The number of carbonyl (C=O) groups excluding carboxylic acids is 2. The Kier molecular flexibility index (Phi) is 36.4. The van der Waals surface area contributed by atoms with Gasteiger partial charge in [0.2, 0.25) is 5.91 Å². The lowest BCUT2D eigenvalue weighted by Crippen LogP contribution is -2.42. The summed E-state index contributed by atoms with van der Waals surface area (Å²) in [6, 6.07) is -0.880. The summed E-state index contributed by atoms with van der Waals surface area (Å²) < 4.78 is 5.45. The Labute approximate surface area is 304 Å². The molecule has 6 heteroatoms. The van der Waals surface area contributed by atoms with Crippen LogP contribution in [0.25, 0.3) is 0 Å². The van der Waals surface area contributed by atoms with Crippen molar-refractivity contribution < 1.29 is 24.2 Å². The summed E-state index contributed by atoms with van der Waals surface area (Å²) in [6.45, 7) is 7.22. The number of carboxylic acid groups (broad SMARTS) is 1. The molecule has 0 aromatic heterocycles. The molecule has 0 aliphatic heterocycles. The van der Waals surface area contributed by atoms with Crippen molar-refractivity contribution in [3.8, 4) is 0 Å². The molecule has 0 bridgehead atoms. The van der Waals surface area contributed by atoms with E-state index in [0.717, 1.165) is 44.4 Å². The fraction of sp³-hybridized carbons (Fsp3) is 0.930. The summed E-state index contributed by atoms with van der Waals surface area (Å²) in [5, 5.41) is 11.9. The highest BCUT2D eigenvalue weighted by Crippen LogP contribution is 2.16. The Morgan fingerprint density at radius 1 is 0.490 bits per heavy atom. The summed E-state index contributed by atoms with van der Waals surface area (Å²) in [7, 11) is 0. The number of rotatable bonds is 39. The molecule has 0 saturated carbocycles. The van der Waals surface area contributed by atoms with Gasteiger partial charge in [-0.2, -0.15) is 0 Å². The first-order valence-electron chi connectivity index (χ1n) is 21.5. The molecule has 0 aliphatic rings. The van der Waals surface area contributed by atoms with E-state index in [0.29, 0.717) is 13.0 Å². The first-order chi connectivity index (χ1) is 23.9. The molecule has 290 valence electrons. The molecule has 6 nitrogen and oxygen atoms in total. The van der Waals surface area contributed by atoms with Crippen LogP contribution in [0, 0.1) is 5.92 Å². The number of ether oxygens (including phenoxy) is 1. The highest BCUT2D eigenvalue weighted by Gasteiger charge is 2.23. The number of carboxylic acids is 1. The number of aliphatic carboxylic acids is 1. The third-order valence-electron chi connectivity index (χ3n) is 9.94. The van der Waals surface area contributed by atoms with Gasteiger partial charge < -0.3 is 15.2 Å². The molecule has 49 heavy (non-hydrogen) atoms. The second kappa shape index (κ2) is 37.7. The van der Waals surface area contributed by atoms with Crippen LogP contribution in [0.4, 0.5) is 0 Å². The summed E-state index contributed by atoms with van der Waals surface area (Å²) in [5.74, 6) is -0.815. The Morgan fingerprint density at radius 2 is 0.857 bits per heavy atom. The monoisotopic (exact) mass is 694 g/mol. The normalized spacial score (nSPS) is 12.0. The fourth-order valence-corrected chi connectivity index (χ4v) is 6.67. The lowest BCUT2D eigenvalue weighted by molar-refractivity contribution is -0.148. The van der Waals surface area contributed by atoms with E-state index in [1.165, 1.54) is 161 Å². The Morgan fingerprint density at radius 3 is 1.24 bits per heavy atom. The van der Waals surface area contributed by atoms with E-state index in [1.54, 1.807) is 0 Å². The first-order valence-corrected chi connectivity index (χ1v) is 21.5. The van der Waals surface area contributed by atoms with Crippen LogP contribution < -0.4 is 5.32 Å². The molecule has 0 aliphatic carbocycles. The third kappa shape index (κ3) is 37.5. The molecule has 1 atom stereocenters. The molecule has 1 amide bonds. The Hall–Kier alpha value is -1.59. The van der Waals surface area contributed by atoms with E-state index in [-0.39, 0.29) is 18.7 Å². The smallest absolute Gasteiger partial charge is 0.328 e. The van der Waals surface area contributed by atoms with Crippen molar-refractivity contribution in [2.24, 2.45) is 5.92 Å². The van der Waals surface area contributed by atoms with E-state index in [4.69, 9.17) is 9.84 Å². The largest absolute Gasteiger partial charge is 0.481 e. The van der Waals surface area contributed by atoms with Gasteiger partial charge in [-0.15, -0.1) is 0 Å². The standard InChI is InChI=1S/C43H83NO5/c1-4-5-6-7-8-9-10-11-13-17-20-23-26-29-32-35-41(45)44-40(36-37-42(46)47)43(48)49-38-33-30-27-24-21-18-15-12-14-16-19-22-25-28-31-34-39(2)3/h39-40H,4-38H2,1-3H3,(H,44,45)(H,46,47)/t40-/m0/s1. The average Bonchev–Trinajstić information content (AvgIpc) is 3.07. The van der Waals surface area contributed by atoms with Gasteiger partial charge in [0, 0.05) is 12.8 Å². The fourth-order valence-electron chi connectivity index (χ4n) is 6.67. The number of esters is 1. The highest BCUT2D eigenvalue weighted by molar-refractivity contribution is 5.84. The second-order valence-corrected chi connectivity index (χ2v) is 15.4. The van der Waals surface area contributed by atoms with Gasteiger partial charge in [-0.05, 0) is 25.2 Å². The van der Waals surface area contributed by atoms with Crippen LogP contribution in [0.2, 0.25) is 0 Å². The topological polar surface area (TPSA) is 92.7 Å². The molecule has 0 aromatic carbocycles. The molecule has 0 spiro atoms. The molecular weight excluding hydrogens is 610 g/mol. The van der Waals surface area contributed by atoms with Crippen molar-refractivity contribution in [1.29, 1.82) is 0 Å². The Bertz CT molecular complexity index is 740. The molecule has 0 saturated heterocycles. The number of hydrogen-bond donors (Lipinski definition) is 2. The van der Waals surface area contributed by atoms with Crippen molar-refractivity contribution >= 4 is 17.8 Å². The second-order valence-electron chi connectivity index (χ2n) is 15.4. The minimum atomic E-state index is -0.975. The van der Waals surface area contributed by atoms with Crippen LogP contribution in [-0.4, -0.2) is 35.6 Å². The predicted octanol–water partition coefficient (Wildman–Crippen LogP) is 13.0. The van der Waals surface area contributed by atoms with Gasteiger partial charge in [0.15, 0.2) is 0 Å². The van der Waals surface area contributed by atoms with Gasteiger partial charge in [0.25, 0.3) is 0 Å². The highest BCUT2D eigenvalue weighted by atomic mass is 16.5. The minimum Gasteiger partial charge on any atom is -0.481 e. The minimum absolute atomic E-state index is 0.0667. The van der Waals surface area contributed by atoms with Crippen molar-refractivity contribution in [3.05, 3.63) is 0 Å². The zero-order chi connectivity index (χ0) is 36.0. The molecule has 0 heterocycles. The van der Waals surface area contributed by atoms with Crippen LogP contribution in [0.5, 0.6) is 0 Å². The van der Waals surface area contributed by atoms with Crippen LogP contribution in [-0.2, 0) is 19.1 Å². The number of amides is 1. The van der Waals surface area contributed by atoms with E-state index in [1.807, 2.05) is 0 Å². The van der Waals surface area contributed by atoms with Crippen molar-refractivity contribution in [1.82, 2.24) is 5.32 Å². The Balaban J connectivity index is 3.77. The number of nitrogens with one attached hydrogen (secondary N) is 1. The van der Waals surface area contributed by atoms with Crippen molar-refractivity contribution in [3.63, 3.8) is 0 Å². The maximum Gasteiger partial charge on any atom is 0.328 e. The van der Waals surface area contributed by atoms with Gasteiger partial charge in [0.1, 0.15) is 6.04 Å². The maximum absolute atomic E-state index is 12.7. The van der Waals surface area contributed by atoms with Gasteiger partial charge >= 0.3 is 11.9 Å². The number of carbonyl (C=O) groups is 3.